The van der Waals surface area contributed by atoms with Crippen LogP contribution < -0.4 is 0 Å². The largest absolute Gasteiger partial charge is 0.348 e. The molecule has 1 saturated heterocycles. The summed E-state index contributed by atoms with van der Waals surface area (Å²) >= 11 is 0. The van der Waals surface area contributed by atoms with E-state index in [0.717, 1.165) is 28.6 Å². The lowest BCUT2D eigenvalue weighted by atomic mass is 9.70. The predicted molar refractivity (Wildman–Crippen MR) is 112 cm³/mol. The van der Waals surface area contributed by atoms with Gasteiger partial charge in [-0.1, -0.05) is 60.7 Å². The molecule has 1 fully saturated rings. The Bertz CT molecular complexity index is 694. The maximum Gasteiger partial charge on any atom is 0.237 e. The highest BCUT2D eigenvalue weighted by Gasteiger charge is 2.44. The van der Waals surface area contributed by atoms with Crippen LogP contribution >= 0.6 is 0 Å². The summed E-state index contributed by atoms with van der Waals surface area (Å²) in [5, 5.41) is 0. The van der Waals surface area contributed by atoms with Gasteiger partial charge in [-0.25, -0.2) is 0 Å². The second-order valence-corrected chi connectivity index (χ2v) is 8.44. The van der Waals surface area contributed by atoms with E-state index >= 15 is 0 Å². The lowest BCUT2D eigenvalue weighted by Crippen LogP contribution is -2.53. The summed E-state index contributed by atoms with van der Waals surface area (Å²) in [6.45, 7) is 3.45. The van der Waals surface area contributed by atoms with Crippen LogP contribution in [0, 0.1) is 0 Å². The van der Waals surface area contributed by atoms with E-state index in [1.165, 1.54) is 32.4 Å². The monoisotopic (exact) mass is 365 g/mol. The van der Waals surface area contributed by atoms with E-state index in [-0.39, 0.29) is 5.91 Å². The number of hydrogen-bond acceptors (Lipinski definition) is 1. The van der Waals surface area contributed by atoms with Gasteiger partial charge in [0.25, 0.3) is 0 Å². The van der Waals surface area contributed by atoms with Gasteiger partial charge in [0.15, 0.2) is 0 Å². The molecule has 0 aliphatic carbocycles. The Morgan fingerprint density at radius 3 is 1.81 bits per heavy atom. The molecule has 1 heterocycles. The molecule has 2 aromatic carbocycles. The molecule has 3 nitrogen and oxygen atoms in total. The number of carbonyl (C=O) groups excluding carboxylic acids is 1. The molecule has 3 heteroatoms. The second kappa shape index (κ2) is 8.26. The van der Waals surface area contributed by atoms with Gasteiger partial charge >= 0.3 is 0 Å². The third-order valence-corrected chi connectivity index (χ3v) is 6.23. The standard InChI is InChI=1S/C24H33N2O/c1-25(2)23(27)24(21-13-7-4-8-14-21,22-15-9-5-10-16-22)17-20-26(3)18-11-6-12-19-26/h4-5,7-10,13-16H,6,11-12,17-20H2,1-3H3/q+1. The number of quaternary nitrogens is 1. The minimum atomic E-state index is -0.634. The Morgan fingerprint density at radius 1 is 0.889 bits per heavy atom. The Balaban J connectivity index is 2.07. The summed E-state index contributed by atoms with van der Waals surface area (Å²) in [5.74, 6) is 0.170. The molecule has 144 valence electrons. The first-order valence-corrected chi connectivity index (χ1v) is 10.1. The van der Waals surface area contributed by atoms with Crippen molar-refractivity contribution in [3.8, 4) is 0 Å². The zero-order chi connectivity index (χ0) is 19.3. The van der Waals surface area contributed by atoms with Crippen molar-refractivity contribution >= 4 is 5.91 Å². The molecule has 27 heavy (non-hydrogen) atoms. The van der Waals surface area contributed by atoms with Gasteiger partial charge in [0.1, 0.15) is 5.41 Å². The molecule has 0 saturated carbocycles. The molecule has 0 bridgehead atoms. The number of amides is 1. The molecule has 2 aromatic rings. The van der Waals surface area contributed by atoms with Crippen molar-refractivity contribution in [2.45, 2.75) is 31.1 Å². The number of piperidine rings is 1. The van der Waals surface area contributed by atoms with Crippen LogP contribution in [0.5, 0.6) is 0 Å². The lowest BCUT2D eigenvalue weighted by Gasteiger charge is -2.42. The molecule has 0 atom stereocenters. The van der Waals surface area contributed by atoms with Crippen LogP contribution in [0.25, 0.3) is 0 Å². The van der Waals surface area contributed by atoms with E-state index in [1.807, 2.05) is 50.5 Å². The van der Waals surface area contributed by atoms with Crippen LogP contribution in [0.15, 0.2) is 60.7 Å². The van der Waals surface area contributed by atoms with Crippen molar-refractivity contribution < 1.29 is 9.28 Å². The normalized spacial score (nSPS) is 16.7. The summed E-state index contributed by atoms with van der Waals surface area (Å²) in [6, 6.07) is 20.7. The van der Waals surface area contributed by atoms with Gasteiger partial charge in [0.05, 0.1) is 26.7 Å². The molecule has 0 radical (unpaired) electrons. The first kappa shape index (κ1) is 19.6. The molecular formula is C24H33N2O+. The van der Waals surface area contributed by atoms with Gasteiger partial charge in [-0.3, -0.25) is 4.79 Å². The Labute approximate surface area is 164 Å². The highest BCUT2D eigenvalue weighted by molar-refractivity contribution is 5.91. The summed E-state index contributed by atoms with van der Waals surface area (Å²) in [7, 11) is 6.11. The minimum absolute atomic E-state index is 0.170. The maximum atomic E-state index is 13.7. The molecule has 0 unspecified atom stereocenters. The topological polar surface area (TPSA) is 20.3 Å². The van der Waals surface area contributed by atoms with E-state index in [0.29, 0.717) is 0 Å². The van der Waals surface area contributed by atoms with E-state index in [9.17, 15) is 4.79 Å². The lowest BCUT2D eigenvalue weighted by molar-refractivity contribution is -0.914. The van der Waals surface area contributed by atoms with E-state index in [1.54, 1.807) is 4.90 Å². The SMILES string of the molecule is CN(C)C(=O)C(CC[N+]1(C)CCCCC1)(c1ccccc1)c1ccccc1. The Kier molecular flexibility index (Phi) is 6.01. The summed E-state index contributed by atoms with van der Waals surface area (Å²) < 4.78 is 1.07. The fourth-order valence-electron chi connectivity index (χ4n) is 4.57. The maximum absolute atomic E-state index is 13.7. The smallest absolute Gasteiger partial charge is 0.237 e. The highest BCUT2D eigenvalue weighted by Crippen LogP contribution is 2.38. The average Bonchev–Trinajstić information content (AvgIpc) is 2.70. The van der Waals surface area contributed by atoms with Crippen LogP contribution in [0.2, 0.25) is 0 Å². The number of likely N-dealkylation sites (N-methyl/N-ethyl adjacent to an activating group) is 1. The highest BCUT2D eigenvalue weighted by atomic mass is 16.2. The van der Waals surface area contributed by atoms with Crippen LogP contribution in [-0.4, -0.2) is 56.1 Å². The van der Waals surface area contributed by atoms with Gasteiger partial charge < -0.3 is 9.38 Å². The third-order valence-electron chi connectivity index (χ3n) is 6.23. The second-order valence-electron chi connectivity index (χ2n) is 8.44. The van der Waals surface area contributed by atoms with Gasteiger partial charge in [-0.05, 0) is 30.4 Å². The molecule has 0 N–H and O–H groups in total. The van der Waals surface area contributed by atoms with Crippen molar-refractivity contribution in [1.29, 1.82) is 0 Å². The summed E-state index contributed by atoms with van der Waals surface area (Å²) in [5.41, 5.74) is 1.56. The molecule has 0 spiro atoms. The quantitative estimate of drug-likeness (QED) is 0.706. The molecule has 1 aliphatic rings. The fourth-order valence-corrected chi connectivity index (χ4v) is 4.57. The fraction of sp³-hybridized carbons (Fsp3) is 0.458. The molecule has 1 amide bonds. The number of hydrogen-bond donors (Lipinski definition) is 0. The van der Waals surface area contributed by atoms with Crippen LogP contribution in [0.3, 0.4) is 0 Å². The average molecular weight is 366 g/mol. The van der Waals surface area contributed by atoms with Crippen molar-refractivity contribution in [1.82, 2.24) is 4.90 Å². The number of rotatable bonds is 6. The third kappa shape index (κ3) is 4.08. The van der Waals surface area contributed by atoms with Gasteiger partial charge in [-0.2, -0.15) is 0 Å². The van der Waals surface area contributed by atoms with Crippen LogP contribution in [0.4, 0.5) is 0 Å². The van der Waals surface area contributed by atoms with E-state index in [4.69, 9.17) is 0 Å². The zero-order valence-corrected chi connectivity index (χ0v) is 17.0. The molecular weight excluding hydrogens is 332 g/mol. The zero-order valence-electron chi connectivity index (χ0n) is 17.0. The van der Waals surface area contributed by atoms with Gasteiger partial charge in [-0.15, -0.1) is 0 Å². The van der Waals surface area contributed by atoms with E-state index < -0.39 is 5.41 Å². The number of carbonyl (C=O) groups is 1. The van der Waals surface area contributed by atoms with Crippen LogP contribution in [0.1, 0.15) is 36.8 Å². The van der Waals surface area contributed by atoms with Crippen molar-refractivity contribution in [2.24, 2.45) is 0 Å². The first-order chi connectivity index (χ1) is 13.0. The number of nitrogens with zero attached hydrogens (tertiary/aromatic N) is 2. The van der Waals surface area contributed by atoms with Crippen LogP contribution in [-0.2, 0) is 10.2 Å². The van der Waals surface area contributed by atoms with E-state index in [2.05, 4.69) is 31.3 Å². The minimum Gasteiger partial charge on any atom is -0.348 e. The number of likely N-dealkylation sites (tertiary alicyclic amines) is 1. The van der Waals surface area contributed by atoms with Gasteiger partial charge in [0.2, 0.25) is 5.91 Å². The summed E-state index contributed by atoms with van der Waals surface area (Å²) in [4.78, 5) is 15.4. The number of benzene rings is 2. The summed E-state index contributed by atoms with van der Waals surface area (Å²) in [6.07, 6.45) is 4.76. The predicted octanol–water partition coefficient (Wildman–Crippen LogP) is 4.08. The van der Waals surface area contributed by atoms with Crippen molar-refractivity contribution in [2.75, 3.05) is 40.8 Å². The Hall–Kier alpha value is -2.13. The molecule has 0 aromatic heterocycles. The van der Waals surface area contributed by atoms with Crippen molar-refractivity contribution in [3.05, 3.63) is 71.8 Å². The Morgan fingerprint density at radius 2 is 1.37 bits per heavy atom. The molecule has 1 aliphatic heterocycles. The first-order valence-electron chi connectivity index (χ1n) is 10.1. The van der Waals surface area contributed by atoms with Crippen molar-refractivity contribution in [3.63, 3.8) is 0 Å². The van der Waals surface area contributed by atoms with Gasteiger partial charge in [0, 0.05) is 20.5 Å². The molecule has 3 rings (SSSR count).